The predicted molar refractivity (Wildman–Crippen MR) is 101 cm³/mol. The van der Waals surface area contributed by atoms with Crippen molar-refractivity contribution in [3.8, 4) is 0 Å². The molecule has 0 radical (unpaired) electrons. The van der Waals surface area contributed by atoms with Crippen molar-refractivity contribution in [2.75, 3.05) is 6.26 Å². The van der Waals surface area contributed by atoms with Crippen LogP contribution in [0.3, 0.4) is 0 Å². The summed E-state index contributed by atoms with van der Waals surface area (Å²) in [5, 5.41) is 0. The fourth-order valence-corrected chi connectivity index (χ4v) is 4.25. The zero-order valence-corrected chi connectivity index (χ0v) is 16.4. The Labute approximate surface area is 138 Å². The van der Waals surface area contributed by atoms with Crippen molar-refractivity contribution in [2.24, 2.45) is 5.41 Å². The van der Waals surface area contributed by atoms with Crippen LogP contribution in [0.25, 0.3) is 0 Å². The molecule has 22 heavy (non-hydrogen) atoms. The SMILES string of the molecule is C=S(C)(=O)N(Cc1ccccc1[C@@H](C)C(C)(C)C)C(C)(C)C. The maximum atomic E-state index is 12.6. The van der Waals surface area contributed by atoms with Crippen molar-refractivity contribution < 1.29 is 4.21 Å². The molecule has 0 aliphatic rings. The first-order chi connectivity index (χ1) is 9.74. The third-order valence-corrected chi connectivity index (χ3v) is 5.96. The minimum Gasteiger partial charge on any atom is -0.253 e. The average molecular weight is 324 g/mol. The second-order valence-electron chi connectivity index (χ2n) is 8.45. The lowest BCUT2D eigenvalue weighted by Gasteiger charge is -2.38. The summed E-state index contributed by atoms with van der Waals surface area (Å²) in [5.41, 5.74) is 2.60. The summed E-state index contributed by atoms with van der Waals surface area (Å²) in [6.45, 7) is 16.0. The molecule has 0 aliphatic heterocycles. The highest BCUT2D eigenvalue weighted by atomic mass is 32.2. The molecule has 0 bridgehead atoms. The molecule has 0 saturated carbocycles. The zero-order valence-electron chi connectivity index (χ0n) is 15.6. The van der Waals surface area contributed by atoms with Crippen LogP contribution in [0.1, 0.15) is 65.5 Å². The minimum atomic E-state index is -2.27. The first-order valence-corrected chi connectivity index (χ1v) is 10.0. The van der Waals surface area contributed by atoms with Gasteiger partial charge in [-0.05, 0) is 49.1 Å². The molecule has 2 nitrogen and oxygen atoms in total. The van der Waals surface area contributed by atoms with Crippen LogP contribution in [0.5, 0.6) is 0 Å². The standard InChI is InChI=1S/C19H33NOS/c1-15(18(2,3)4)17-13-11-10-12-16(17)14-20(19(5,6)7)22(8,9)21/h10-13,15H,8,14H2,1-7,9H3/t15-,22?/m1/s1. The second kappa shape index (κ2) is 6.37. The number of nitrogens with zero attached hydrogens (tertiary/aromatic N) is 1. The minimum absolute atomic E-state index is 0.189. The van der Waals surface area contributed by atoms with E-state index in [2.05, 4.69) is 78.6 Å². The second-order valence-corrected chi connectivity index (χ2v) is 10.8. The van der Waals surface area contributed by atoms with Crippen molar-refractivity contribution in [1.29, 1.82) is 0 Å². The lowest BCUT2D eigenvalue weighted by Crippen LogP contribution is -2.44. The van der Waals surface area contributed by atoms with Crippen molar-refractivity contribution in [1.82, 2.24) is 4.31 Å². The summed E-state index contributed by atoms with van der Waals surface area (Å²) < 4.78 is 14.7. The van der Waals surface area contributed by atoms with E-state index in [0.29, 0.717) is 12.5 Å². The average Bonchev–Trinajstić information content (AvgIpc) is 2.31. The first kappa shape index (κ1) is 19.2. The van der Waals surface area contributed by atoms with Gasteiger partial charge in [-0.25, -0.2) is 4.31 Å². The summed E-state index contributed by atoms with van der Waals surface area (Å²) in [6.07, 6.45) is 1.73. The molecule has 0 saturated heterocycles. The van der Waals surface area contributed by atoms with E-state index >= 15 is 0 Å². The van der Waals surface area contributed by atoms with Gasteiger partial charge in [-0.15, -0.1) is 0 Å². The van der Waals surface area contributed by atoms with Gasteiger partial charge in [0.05, 0.1) is 0 Å². The summed E-state index contributed by atoms with van der Waals surface area (Å²) in [4.78, 5) is 0. The maximum absolute atomic E-state index is 12.6. The van der Waals surface area contributed by atoms with Crippen LogP contribution in [0.4, 0.5) is 0 Å². The van der Waals surface area contributed by atoms with E-state index in [-0.39, 0.29) is 11.0 Å². The Bertz CT molecular complexity index is 603. The van der Waals surface area contributed by atoms with Crippen LogP contribution >= 0.6 is 0 Å². The van der Waals surface area contributed by atoms with Gasteiger partial charge in [0.25, 0.3) is 0 Å². The lowest BCUT2D eigenvalue weighted by molar-refractivity contribution is 0.253. The third kappa shape index (κ3) is 4.85. The highest BCUT2D eigenvalue weighted by Gasteiger charge is 2.29. The van der Waals surface area contributed by atoms with Crippen molar-refractivity contribution in [3.63, 3.8) is 0 Å². The van der Waals surface area contributed by atoms with Gasteiger partial charge in [-0.3, -0.25) is 4.21 Å². The highest BCUT2D eigenvalue weighted by molar-refractivity contribution is 7.97. The molecular weight excluding hydrogens is 290 g/mol. The first-order valence-electron chi connectivity index (χ1n) is 7.92. The smallest absolute Gasteiger partial charge is 0.0366 e. The van der Waals surface area contributed by atoms with Crippen LogP contribution in [0, 0.1) is 5.41 Å². The van der Waals surface area contributed by atoms with E-state index < -0.39 is 9.71 Å². The fraction of sp³-hybridized carbons (Fsp3) is 0.632. The Morgan fingerprint density at radius 3 is 2.05 bits per heavy atom. The molecule has 0 amide bonds. The summed E-state index contributed by atoms with van der Waals surface area (Å²) in [5.74, 6) is 4.34. The summed E-state index contributed by atoms with van der Waals surface area (Å²) >= 11 is 0. The van der Waals surface area contributed by atoms with Crippen LogP contribution in [-0.2, 0) is 16.3 Å². The summed E-state index contributed by atoms with van der Waals surface area (Å²) in [7, 11) is -2.27. The quantitative estimate of drug-likeness (QED) is 0.736. The van der Waals surface area contributed by atoms with E-state index in [1.54, 1.807) is 6.26 Å². The molecule has 1 unspecified atom stereocenters. The molecule has 1 aromatic rings. The van der Waals surface area contributed by atoms with Gasteiger partial charge >= 0.3 is 0 Å². The lowest BCUT2D eigenvalue weighted by atomic mass is 9.76. The largest absolute Gasteiger partial charge is 0.253 e. The Morgan fingerprint density at radius 2 is 1.64 bits per heavy atom. The maximum Gasteiger partial charge on any atom is 0.0366 e. The zero-order chi connectivity index (χ0) is 17.3. The molecule has 0 aliphatic carbocycles. The van der Waals surface area contributed by atoms with Crippen molar-refractivity contribution >= 4 is 15.6 Å². The van der Waals surface area contributed by atoms with Gasteiger partial charge in [0.1, 0.15) is 0 Å². The van der Waals surface area contributed by atoms with Crippen molar-refractivity contribution in [2.45, 2.75) is 66.5 Å². The number of hydrogen-bond donors (Lipinski definition) is 0. The normalized spacial score (nSPS) is 17.3. The molecule has 0 N–H and O–H groups in total. The topological polar surface area (TPSA) is 20.3 Å². The van der Waals surface area contributed by atoms with E-state index in [4.69, 9.17) is 0 Å². The number of rotatable bonds is 4. The molecule has 0 heterocycles. The van der Waals surface area contributed by atoms with Gasteiger partial charge in [-0.2, -0.15) is 0 Å². The Hall–Kier alpha value is -0.800. The highest BCUT2D eigenvalue weighted by Crippen LogP contribution is 2.37. The van der Waals surface area contributed by atoms with E-state index in [1.165, 1.54) is 11.1 Å². The number of benzene rings is 1. The monoisotopic (exact) mass is 323 g/mol. The molecular formula is C19H33NOS. The third-order valence-electron chi connectivity index (χ3n) is 4.35. The van der Waals surface area contributed by atoms with Gasteiger partial charge in [0.15, 0.2) is 0 Å². The van der Waals surface area contributed by atoms with Crippen LogP contribution in [0.2, 0.25) is 0 Å². The Kier molecular flexibility index (Phi) is 5.57. The Balaban J connectivity index is 3.29. The molecule has 0 fully saturated rings. The Morgan fingerprint density at radius 1 is 1.14 bits per heavy atom. The van der Waals surface area contributed by atoms with Gasteiger partial charge in [0, 0.05) is 28.0 Å². The predicted octanol–water partition coefficient (Wildman–Crippen LogP) is 4.70. The van der Waals surface area contributed by atoms with Crippen LogP contribution < -0.4 is 0 Å². The molecule has 3 heteroatoms. The van der Waals surface area contributed by atoms with Crippen molar-refractivity contribution in [3.05, 3.63) is 35.4 Å². The molecule has 1 aromatic carbocycles. The molecule has 0 aromatic heterocycles. The molecule has 2 atom stereocenters. The van der Waals surface area contributed by atoms with E-state index in [0.717, 1.165) is 0 Å². The molecule has 0 spiro atoms. The summed E-state index contributed by atoms with van der Waals surface area (Å²) in [6, 6.07) is 8.51. The van der Waals surface area contributed by atoms with Gasteiger partial charge in [-0.1, -0.05) is 52.0 Å². The van der Waals surface area contributed by atoms with Gasteiger partial charge < -0.3 is 0 Å². The fourth-order valence-electron chi connectivity index (χ4n) is 2.67. The molecule has 126 valence electrons. The van der Waals surface area contributed by atoms with E-state index in [1.807, 2.05) is 4.31 Å². The van der Waals surface area contributed by atoms with E-state index in [9.17, 15) is 4.21 Å². The number of hydrogen-bond acceptors (Lipinski definition) is 1. The van der Waals surface area contributed by atoms with Crippen LogP contribution in [-0.4, -0.2) is 26.2 Å². The molecule has 1 rings (SSSR count). The van der Waals surface area contributed by atoms with Gasteiger partial charge in [0.2, 0.25) is 0 Å². The van der Waals surface area contributed by atoms with Crippen LogP contribution in [0.15, 0.2) is 24.3 Å².